The van der Waals surface area contributed by atoms with Crippen LogP contribution in [0.5, 0.6) is 0 Å². The van der Waals surface area contributed by atoms with Gasteiger partial charge in [0.2, 0.25) is 10.0 Å². The quantitative estimate of drug-likeness (QED) is 0.757. The lowest BCUT2D eigenvalue weighted by Gasteiger charge is -2.35. The second kappa shape index (κ2) is 7.36. The summed E-state index contributed by atoms with van der Waals surface area (Å²) in [4.78, 5) is 8.79. The van der Waals surface area contributed by atoms with Gasteiger partial charge in [0.05, 0.1) is 6.61 Å². The molecular formula is C14H24N4O3S. The third-order valence-electron chi connectivity index (χ3n) is 3.53. The fraction of sp³-hybridized carbons (Fsp3) is 0.643. The number of piperazine rings is 1. The third kappa shape index (κ3) is 4.39. The third-order valence-corrected chi connectivity index (χ3v) is 5.18. The van der Waals surface area contributed by atoms with Crippen molar-refractivity contribution < 1.29 is 13.5 Å². The van der Waals surface area contributed by atoms with Crippen LogP contribution in [0.25, 0.3) is 0 Å². The molecule has 1 saturated heterocycles. The van der Waals surface area contributed by atoms with Gasteiger partial charge in [0, 0.05) is 45.0 Å². The Hall–Kier alpha value is -1.22. The van der Waals surface area contributed by atoms with Gasteiger partial charge in [0.15, 0.2) is 0 Å². The molecule has 0 aromatic carbocycles. The van der Waals surface area contributed by atoms with Gasteiger partial charge in [0.1, 0.15) is 10.7 Å². The van der Waals surface area contributed by atoms with E-state index in [0.29, 0.717) is 6.54 Å². The highest BCUT2D eigenvalue weighted by atomic mass is 32.2. The smallest absolute Gasteiger partial charge is 0.242 e. The van der Waals surface area contributed by atoms with Crippen LogP contribution < -0.4 is 9.62 Å². The minimum atomic E-state index is -3.49. The Kier molecular flexibility index (Phi) is 5.74. The first-order valence-electron chi connectivity index (χ1n) is 7.49. The zero-order chi connectivity index (χ0) is 16.2. The first-order valence-corrected chi connectivity index (χ1v) is 8.97. The predicted octanol–water partition coefficient (Wildman–Crippen LogP) is -0.117. The molecule has 1 aromatic rings. The van der Waals surface area contributed by atoms with Gasteiger partial charge in [0.25, 0.3) is 0 Å². The number of anilines is 1. The molecule has 7 nitrogen and oxygen atoms in total. The molecule has 124 valence electrons. The molecule has 0 atom stereocenters. The molecule has 2 rings (SSSR count). The highest BCUT2D eigenvalue weighted by Crippen LogP contribution is 2.16. The van der Waals surface area contributed by atoms with Gasteiger partial charge in [-0.25, -0.2) is 18.1 Å². The summed E-state index contributed by atoms with van der Waals surface area (Å²) < 4.78 is 26.6. The van der Waals surface area contributed by atoms with Crippen molar-refractivity contribution >= 4 is 15.8 Å². The zero-order valence-electron chi connectivity index (χ0n) is 13.1. The van der Waals surface area contributed by atoms with Crippen molar-refractivity contribution in [3.63, 3.8) is 0 Å². The number of pyridine rings is 1. The molecule has 0 saturated carbocycles. The number of aliphatic hydroxyl groups is 1. The molecule has 8 heteroatoms. The second-order valence-electron chi connectivity index (χ2n) is 5.68. The van der Waals surface area contributed by atoms with Gasteiger partial charge in [-0.05, 0) is 26.0 Å². The van der Waals surface area contributed by atoms with Gasteiger partial charge >= 0.3 is 0 Å². The summed E-state index contributed by atoms with van der Waals surface area (Å²) in [6, 6.07) is 3.19. The fourth-order valence-corrected chi connectivity index (χ4v) is 3.63. The molecule has 0 radical (unpaired) electrons. The lowest BCUT2D eigenvalue weighted by Crippen LogP contribution is -2.47. The average Bonchev–Trinajstić information content (AvgIpc) is 2.47. The summed E-state index contributed by atoms with van der Waals surface area (Å²) in [7, 11) is -3.49. The normalized spacial score (nSPS) is 17.2. The van der Waals surface area contributed by atoms with E-state index in [4.69, 9.17) is 5.11 Å². The lowest BCUT2D eigenvalue weighted by atomic mass is 10.3. The molecule has 0 aliphatic carbocycles. The first-order chi connectivity index (χ1) is 10.4. The molecule has 0 unspecified atom stereocenters. The van der Waals surface area contributed by atoms with Crippen LogP contribution in [0.2, 0.25) is 0 Å². The maximum Gasteiger partial charge on any atom is 0.242 e. The Morgan fingerprint density at radius 2 is 1.95 bits per heavy atom. The van der Waals surface area contributed by atoms with E-state index in [1.54, 1.807) is 26.0 Å². The van der Waals surface area contributed by atoms with E-state index in [1.165, 1.54) is 6.20 Å². The number of hydrogen-bond acceptors (Lipinski definition) is 6. The maximum absolute atomic E-state index is 12.1. The molecule has 0 spiro atoms. The van der Waals surface area contributed by atoms with Gasteiger partial charge in [-0.3, -0.25) is 4.90 Å². The van der Waals surface area contributed by atoms with Crippen LogP contribution in [0.15, 0.2) is 23.2 Å². The SMILES string of the molecule is CC(C)NS(=O)(=O)c1ccc(N2CCN(CCO)CC2)nc1. The monoisotopic (exact) mass is 328 g/mol. The van der Waals surface area contributed by atoms with E-state index in [9.17, 15) is 8.42 Å². The number of aromatic nitrogens is 1. The fourth-order valence-electron chi connectivity index (χ4n) is 2.44. The molecule has 1 aliphatic rings. The standard InChI is InChI=1S/C14H24N4O3S/c1-12(2)16-22(20,21)13-3-4-14(15-11-13)18-7-5-17(6-8-18)9-10-19/h3-4,11-12,16,19H,5-10H2,1-2H3. The predicted molar refractivity (Wildman–Crippen MR) is 85.4 cm³/mol. The van der Waals surface area contributed by atoms with Crippen molar-refractivity contribution in [2.24, 2.45) is 0 Å². The Bertz CT molecular complexity index is 566. The van der Waals surface area contributed by atoms with Crippen molar-refractivity contribution in [2.75, 3.05) is 44.2 Å². The van der Waals surface area contributed by atoms with Gasteiger partial charge in [-0.2, -0.15) is 0 Å². The Morgan fingerprint density at radius 1 is 1.27 bits per heavy atom. The van der Waals surface area contributed by atoms with E-state index in [0.717, 1.165) is 32.0 Å². The molecule has 1 fully saturated rings. The largest absolute Gasteiger partial charge is 0.395 e. The summed E-state index contributed by atoms with van der Waals surface area (Å²) in [5.41, 5.74) is 0. The van der Waals surface area contributed by atoms with Crippen LogP contribution in [0.4, 0.5) is 5.82 Å². The number of nitrogens with one attached hydrogen (secondary N) is 1. The number of β-amino-alcohol motifs (C(OH)–C–C–N with tert-alkyl or cyclic N) is 1. The number of nitrogens with zero attached hydrogens (tertiary/aromatic N) is 3. The van der Waals surface area contributed by atoms with Crippen LogP contribution in [0.3, 0.4) is 0 Å². The van der Waals surface area contributed by atoms with Crippen LogP contribution in [0.1, 0.15) is 13.8 Å². The van der Waals surface area contributed by atoms with Crippen molar-refractivity contribution in [1.29, 1.82) is 0 Å². The summed E-state index contributed by atoms with van der Waals surface area (Å²) in [6.45, 7) is 7.82. The van der Waals surface area contributed by atoms with E-state index in [1.807, 2.05) is 0 Å². The number of hydrogen-bond donors (Lipinski definition) is 2. The highest BCUT2D eigenvalue weighted by molar-refractivity contribution is 7.89. The van der Waals surface area contributed by atoms with Crippen LogP contribution in [-0.2, 0) is 10.0 Å². The Balaban J connectivity index is 2.01. The van der Waals surface area contributed by atoms with Crippen molar-refractivity contribution in [3.8, 4) is 0 Å². The maximum atomic E-state index is 12.1. The van der Waals surface area contributed by atoms with E-state index in [-0.39, 0.29) is 17.5 Å². The topological polar surface area (TPSA) is 85.8 Å². The minimum absolute atomic E-state index is 0.149. The molecule has 2 N–H and O–H groups in total. The Morgan fingerprint density at radius 3 is 2.45 bits per heavy atom. The summed E-state index contributed by atoms with van der Waals surface area (Å²) in [6.07, 6.45) is 1.40. The molecule has 0 bridgehead atoms. The average molecular weight is 328 g/mol. The van der Waals surface area contributed by atoms with E-state index >= 15 is 0 Å². The van der Waals surface area contributed by atoms with Gasteiger partial charge < -0.3 is 10.0 Å². The molecule has 22 heavy (non-hydrogen) atoms. The highest BCUT2D eigenvalue weighted by Gasteiger charge is 2.19. The number of sulfonamides is 1. The van der Waals surface area contributed by atoms with Crippen LogP contribution in [0, 0.1) is 0 Å². The van der Waals surface area contributed by atoms with Crippen molar-refractivity contribution in [2.45, 2.75) is 24.8 Å². The van der Waals surface area contributed by atoms with E-state index in [2.05, 4.69) is 19.5 Å². The van der Waals surface area contributed by atoms with Crippen molar-refractivity contribution in [3.05, 3.63) is 18.3 Å². The van der Waals surface area contributed by atoms with Gasteiger partial charge in [-0.15, -0.1) is 0 Å². The molecule has 1 aromatic heterocycles. The number of aliphatic hydroxyl groups excluding tert-OH is 1. The van der Waals surface area contributed by atoms with Crippen molar-refractivity contribution in [1.82, 2.24) is 14.6 Å². The first kappa shape index (κ1) is 17.1. The molecule has 2 heterocycles. The number of rotatable bonds is 6. The van der Waals surface area contributed by atoms with Gasteiger partial charge in [-0.1, -0.05) is 0 Å². The Labute approximate surface area is 132 Å². The summed E-state index contributed by atoms with van der Waals surface area (Å²) in [5.74, 6) is 0.784. The summed E-state index contributed by atoms with van der Waals surface area (Å²) in [5, 5.41) is 8.94. The molecule has 0 amide bonds. The lowest BCUT2D eigenvalue weighted by molar-refractivity contribution is 0.188. The summed E-state index contributed by atoms with van der Waals surface area (Å²) >= 11 is 0. The minimum Gasteiger partial charge on any atom is -0.395 e. The second-order valence-corrected chi connectivity index (χ2v) is 7.39. The van der Waals surface area contributed by atoms with Crippen LogP contribution in [-0.4, -0.2) is 68.8 Å². The zero-order valence-corrected chi connectivity index (χ0v) is 13.9. The van der Waals surface area contributed by atoms with E-state index < -0.39 is 10.0 Å². The van der Waals surface area contributed by atoms with Crippen LogP contribution >= 0.6 is 0 Å². The molecular weight excluding hydrogens is 304 g/mol. The molecule has 1 aliphatic heterocycles.